The first-order chi connectivity index (χ1) is 10.6. The summed E-state index contributed by atoms with van der Waals surface area (Å²) in [6, 6.07) is 2.86. The van der Waals surface area contributed by atoms with Crippen LogP contribution in [0.1, 0.15) is 23.2 Å². The van der Waals surface area contributed by atoms with Gasteiger partial charge in [0.05, 0.1) is 24.4 Å². The van der Waals surface area contributed by atoms with Gasteiger partial charge in [0.15, 0.2) is 0 Å². The van der Waals surface area contributed by atoms with Crippen LogP contribution in [0.3, 0.4) is 0 Å². The second kappa shape index (κ2) is 7.89. The highest BCUT2D eigenvalue weighted by atomic mass is 32.2. The van der Waals surface area contributed by atoms with E-state index in [-0.39, 0.29) is 25.3 Å². The van der Waals surface area contributed by atoms with Crippen LogP contribution in [0.4, 0.5) is 8.78 Å². The molecule has 0 radical (unpaired) electrons. The lowest BCUT2D eigenvalue weighted by atomic mass is 9.96. The Balaban J connectivity index is 2.00. The highest BCUT2D eigenvalue weighted by molar-refractivity contribution is 7.99. The van der Waals surface area contributed by atoms with Crippen LogP contribution in [0, 0.1) is 11.6 Å². The van der Waals surface area contributed by atoms with Crippen molar-refractivity contribution in [1.82, 2.24) is 5.32 Å². The molecule has 0 unspecified atom stereocenters. The largest absolute Gasteiger partial charge is 0.394 e. The van der Waals surface area contributed by atoms with Gasteiger partial charge in [0.1, 0.15) is 11.6 Å². The van der Waals surface area contributed by atoms with Crippen LogP contribution in [-0.2, 0) is 4.74 Å². The molecule has 1 aromatic carbocycles. The summed E-state index contributed by atoms with van der Waals surface area (Å²) in [6.45, 7) is 0.351. The fraction of sp³-hybridized carbons (Fsp3) is 0.533. The molecule has 0 aromatic heterocycles. The molecule has 22 heavy (non-hydrogen) atoms. The Hall–Kier alpha value is -1.18. The van der Waals surface area contributed by atoms with E-state index in [4.69, 9.17) is 9.84 Å². The molecule has 2 N–H and O–H groups in total. The Morgan fingerprint density at radius 2 is 2.09 bits per heavy atom. The van der Waals surface area contributed by atoms with Crippen molar-refractivity contribution < 1.29 is 23.4 Å². The van der Waals surface area contributed by atoms with Gasteiger partial charge >= 0.3 is 0 Å². The Labute approximate surface area is 132 Å². The van der Waals surface area contributed by atoms with Gasteiger partial charge in [-0.15, -0.1) is 0 Å². The first-order valence-corrected chi connectivity index (χ1v) is 8.28. The first kappa shape index (κ1) is 17.2. The molecule has 1 aliphatic rings. The Bertz CT molecular complexity index is 522. The number of carbonyl (C=O) groups excluding carboxylic acids is 1. The summed E-state index contributed by atoms with van der Waals surface area (Å²) < 4.78 is 32.2. The maximum atomic E-state index is 13.6. The van der Waals surface area contributed by atoms with E-state index in [1.807, 2.05) is 11.8 Å². The van der Waals surface area contributed by atoms with Crippen molar-refractivity contribution in [3.05, 3.63) is 35.4 Å². The number of nitrogens with one attached hydrogen (secondary N) is 1. The van der Waals surface area contributed by atoms with E-state index in [0.717, 1.165) is 36.5 Å². The zero-order chi connectivity index (χ0) is 16.0. The van der Waals surface area contributed by atoms with Crippen molar-refractivity contribution >= 4 is 17.7 Å². The van der Waals surface area contributed by atoms with Gasteiger partial charge < -0.3 is 15.2 Å². The molecule has 2 rings (SSSR count). The third-order valence-electron chi connectivity index (χ3n) is 3.65. The minimum absolute atomic E-state index is 0.0879. The van der Waals surface area contributed by atoms with Crippen molar-refractivity contribution in [2.24, 2.45) is 0 Å². The van der Waals surface area contributed by atoms with Crippen LogP contribution in [0.15, 0.2) is 18.2 Å². The van der Waals surface area contributed by atoms with Crippen LogP contribution in [0.2, 0.25) is 0 Å². The lowest BCUT2D eigenvalue weighted by molar-refractivity contribution is -0.0608. The summed E-state index contributed by atoms with van der Waals surface area (Å²) in [5.41, 5.74) is -0.718. The number of rotatable bonds is 6. The number of benzene rings is 1. The van der Waals surface area contributed by atoms with E-state index >= 15 is 0 Å². The fourth-order valence-corrected chi connectivity index (χ4v) is 3.62. The molecule has 0 spiro atoms. The predicted molar refractivity (Wildman–Crippen MR) is 81.0 cm³/mol. The van der Waals surface area contributed by atoms with Crippen molar-refractivity contribution in [2.75, 3.05) is 31.3 Å². The molecule has 0 aliphatic carbocycles. The van der Waals surface area contributed by atoms with Gasteiger partial charge in [0.2, 0.25) is 0 Å². The smallest absolute Gasteiger partial charge is 0.254 e. The summed E-state index contributed by atoms with van der Waals surface area (Å²) in [5.74, 6) is -0.385. The molecular formula is C15H19F2NO3S. The molecule has 1 heterocycles. The molecular weight excluding hydrogens is 312 g/mol. The lowest BCUT2D eigenvalue weighted by Crippen LogP contribution is -2.48. The number of hydrogen-bond donors (Lipinski definition) is 2. The van der Waals surface area contributed by atoms with Crippen LogP contribution < -0.4 is 5.32 Å². The van der Waals surface area contributed by atoms with Gasteiger partial charge in [-0.3, -0.25) is 4.79 Å². The average molecular weight is 331 g/mol. The normalized spacial score (nSPS) is 17.2. The Kier molecular flexibility index (Phi) is 6.16. The summed E-state index contributed by atoms with van der Waals surface area (Å²) in [5, 5.41) is 11.6. The standard InChI is InChI=1S/C15H19F2NO3S/c16-11-1-2-12(13(17)9-11)14(20)18-10-15(21-6-5-19)3-7-22-8-4-15/h1-2,9,19H,3-8,10H2,(H,18,20). The number of aliphatic hydroxyl groups excluding tert-OH is 1. The highest BCUT2D eigenvalue weighted by Crippen LogP contribution is 2.30. The van der Waals surface area contributed by atoms with E-state index in [1.165, 1.54) is 0 Å². The van der Waals surface area contributed by atoms with E-state index in [1.54, 1.807) is 0 Å². The molecule has 0 saturated carbocycles. The number of amides is 1. The van der Waals surface area contributed by atoms with Crippen molar-refractivity contribution in [3.8, 4) is 0 Å². The second-order valence-corrected chi connectivity index (χ2v) is 6.40. The Morgan fingerprint density at radius 3 is 2.73 bits per heavy atom. The molecule has 1 aromatic rings. The maximum absolute atomic E-state index is 13.6. The number of thioether (sulfide) groups is 1. The van der Waals surface area contributed by atoms with Crippen LogP contribution in [0.5, 0.6) is 0 Å². The molecule has 4 nitrogen and oxygen atoms in total. The summed E-state index contributed by atoms with van der Waals surface area (Å²) in [7, 11) is 0. The first-order valence-electron chi connectivity index (χ1n) is 7.12. The number of hydrogen-bond acceptors (Lipinski definition) is 4. The summed E-state index contributed by atoms with van der Waals surface area (Å²) in [4.78, 5) is 12.1. The lowest BCUT2D eigenvalue weighted by Gasteiger charge is -2.37. The number of carbonyl (C=O) groups is 1. The molecule has 7 heteroatoms. The van der Waals surface area contributed by atoms with E-state index < -0.39 is 23.1 Å². The van der Waals surface area contributed by atoms with Crippen molar-refractivity contribution in [2.45, 2.75) is 18.4 Å². The topological polar surface area (TPSA) is 58.6 Å². The van der Waals surface area contributed by atoms with E-state index in [9.17, 15) is 13.6 Å². The highest BCUT2D eigenvalue weighted by Gasteiger charge is 2.33. The van der Waals surface area contributed by atoms with Crippen LogP contribution in [-0.4, -0.2) is 47.9 Å². The van der Waals surface area contributed by atoms with Gasteiger partial charge in [-0.2, -0.15) is 11.8 Å². The minimum atomic E-state index is -0.887. The monoisotopic (exact) mass is 331 g/mol. The summed E-state index contributed by atoms with van der Waals surface area (Å²) in [6.07, 6.45) is 1.51. The zero-order valence-corrected chi connectivity index (χ0v) is 12.9. The van der Waals surface area contributed by atoms with Gasteiger partial charge in [-0.1, -0.05) is 0 Å². The second-order valence-electron chi connectivity index (χ2n) is 5.17. The molecule has 0 atom stereocenters. The fourth-order valence-electron chi connectivity index (χ4n) is 2.39. The van der Waals surface area contributed by atoms with Crippen LogP contribution >= 0.6 is 11.8 Å². The number of halogens is 2. The average Bonchev–Trinajstić information content (AvgIpc) is 2.52. The Morgan fingerprint density at radius 1 is 1.36 bits per heavy atom. The zero-order valence-electron chi connectivity index (χ0n) is 12.1. The maximum Gasteiger partial charge on any atom is 0.254 e. The molecule has 0 bridgehead atoms. The van der Waals surface area contributed by atoms with Gasteiger partial charge in [0, 0.05) is 12.6 Å². The quantitative estimate of drug-likeness (QED) is 0.837. The molecule has 1 amide bonds. The van der Waals surface area contributed by atoms with Gasteiger partial charge in [-0.25, -0.2) is 8.78 Å². The van der Waals surface area contributed by atoms with Crippen molar-refractivity contribution in [3.63, 3.8) is 0 Å². The van der Waals surface area contributed by atoms with E-state index in [0.29, 0.717) is 6.07 Å². The molecule has 1 aliphatic heterocycles. The third kappa shape index (κ3) is 4.41. The molecule has 1 saturated heterocycles. The number of aliphatic hydroxyl groups is 1. The minimum Gasteiger partial charge on any atom is -0.394 e. The van der Waals surface area contributed by atoms with E-state index in [2.05, 4.69) is 5.32 Å². The van der Waals surface area contributed by atoms with Gasteiger partial charge in [-0.05, 0) is 36.5 Å². The molecule has 1 fully saturated rings. The summed E-state index contributed by atoms with van der Waals surface area (Å²) >= 11 is 1.81. The van der Waals surface area contributed by atoms with Crippen LogP contribution in [0.25, 0.3) is 0 Å². The third-order valence-corrected chi connectivity index (χ3v) is 4.64. The number of ether oxygens (including phenoxy) is 1. The molecule has 122 valence electrons. The predicted octanol–water partition coefficient (Wildman–Crippen LogP) is 1.97. The van der Waals surface area contributed by atoms with Crippen molar-refractivity contribution in [1.29, 1.82) is 0 Å². The SMILES string of the molecule is O=C(NCC1(OCCO)CCSCC1)c1ccc(F)cc1F. The van der Waals surface area contributed by atoms with Gasteiger partial charge in [0.25, 0.3) is 5.91 Å².